The fourth-order valence-corrected chi connectivity index (χ4v) is 16.0. The molecule has 2 saturated heterocycles. The summed E-state index contributed by atoms with van der Waals surface area (Å²) in [5, 5.41) is -0.421. The number of ether oxygens (including phenoxy) is 3. The van der Waals surface area contributed by atoms with Crippen molar-refractivity contribution in [3.05, 3.63) is 30.3 Å². The van der Waals surface area contributed by atoms with Crippen molar-refractivity contribution >= 4 is 61.7 Å². The highest BCUT2D eigenvalue weighted by atomic mass is 32.2. The maximum Gasteiger partial charge on any atom is 0.192 e. The van der Waals surface area contributed by atoms with Gasteiger partial charge in [-0.1, -0.05) is 155 Å². The summed E-state index contributed by atoms with van der Waals surface area (Å²) in [7, 11) is -14.7. The smallest absolute Gasteiger partial charge is 0.192 e. The lowest BCUT2D eigenvalue weighted by atomic mass is 9.99. The first kappa shape index (κ1) is 64.8. The van der Waals surface area contributed by atoms with Gasteiger partial charge in [-0.15, -0.1) is 0 Å². The zero-order valence-electron chi connectivity index (χ0n) is 50.9. The summed E-state index contributed by atoms with van der Waals surface area (Å²) in [4.78, 5) is 1.11. The summed E-state index contributed by atoms with van der Waals surface area (Å²) in [6, 6.07) is 10.6. The van der Waals surface area contributed by atoms with E-state index in [0.29, 0.717) is 0 Å². The number of rotatable bonds is 17. The first-order valence-corrected chi connectivity index (χ1v) is 44.9. The van der Waals surface area contributed by atoms with Crippen LogP contribution in [0.4, 0.5) is 0 Å². The largest absolute Gasteiger partial charge is 0.409 e. The van der Waals surface area contributed by atoms with E-state index >= 15 is 0 Å². The second-order valence-corrected chi connectivity index (χ2v) is 59.8. The first-order valence-electron chi connectivity index (χ1n) is 26.6. The lowest BCUT2D eigenvalue weighted by Crippen LogP contribution is -2.69. The lowest BCUT2D eigenvalue weighted by Gasteiger charge is -2.55. The van der Waals surface area contributed by atoms with Crippen molar-refractivity contribution in [1.29, 1.82) is 0 Å². The normalized spacial score (nSPS) is 28.0. The van der Waals surface area contributed by atoms with Gasteiger partial charge in [0.15, 0.2) is 56.2 Å². The molecule has 410 valence electrons. The molecule has 70 heavy (non-hydrogen) atoms. The van der Waals surface area contributed by atoms with Crippen LogP contribution in [0.3, 0.4) is 0 Å². The summed E-state index contributed by atoms with van der Waals surface area (Å²) in [5.74, 6) is 0. The summed E-state index contributed by atoms with van der Waals surface area (Å²) in [6.45, 7) is 71.8. The van der Waals surface area contributed by atoms with E-state index in [1.807, 2.05) is 0 Å². The van der Waals surface area contributed by atoms with Gasteiger partial charge in [-0.3, -0.25) is 0 Å². The molecule has 1 aromatic carbocycles. The molecule has 0 aromatic heterocycles. The quantitative estimate of drug-likeness (QED) is 0.141. The Balaban J connectivity index is 2.40. The Bertz CT molecular complexity index is 1820. The fraction of sp³-hybridized carbons (Fsp3) is 0.889. The molecule has 10 atom stereocenters. The topological polar surface area (TPSA) is 83.1 Å². The zero-order chi connectivity index (χ0) is 54.7. The van der Waals surface area contributed by atoms with Crippen molar-refractivity contribution in [2.75, 3.05) is 6.61 Å². The van der Waals surface area contributed by atoms with Crippen LogP contribution in [0.1, 0.15) is 132 Å². The van der Waals surface area contributed by atoms with Gasteiger partial charge in [0.25, 0.3) is 0 Å². The molecular formula is C54H110O9SSi6. The van der Waals surface area contributed by atoms with E-state index in [9.17, 15) is 0 Å². The predicted octanol–water partition coefficient (Wildman–Crippen LogP) is 16.6. The third-order valence-electron chi connectivity index (χ3n) is 18.2. The van der Waals surface area contributed by atoms with Crippen LogP contribution in [0.5, 0.6) is 0 Å². The standard InChI is InChI=1S/C54H110O9SSi6/c1-38-41(58-65(20,21)49(2,3)4)43(60-67(24,25)51(8,9)10)45(62-69(28,29)53(14,15)16)47(56-38)55-37-40-42(59-66(22,23)50(5,6)7)44(61-68(26,27)52(11,12)13)46(63-70(30,31)54(17,18)19)48(57-40)64-39-35-33-32-34-36-39/h32-36,38,40-48H,37H2,1-31H3/t38-,40+,41-,42+,43+,44-,45+,46+,47+,48+/m0/s1. The third kappa shape index (κ3) is 15.6. The van der Waals surface area contributed by atoms with Crippen LogP contribution >= 0.6 is 11.8 Å². The second kappa shape index (κ2) is 22.1. The van der Waals surface area contributed by atoms with Crippen LogP contribution in [0.25, 0.3) is 0 Å². The number of hydrogen-bond acceptors (Lipinski definition) is 10. The molecule has 2 aliphatic heterocycles. The Labute approximate surface area is 442 Å². The average molecular weight is 1100 g/mol. The van der Waals surface area contributed by atoms with Gasteiger partial charge in [-0.2, -0.15) is 0 Å². The molecular weight excluding hydrogens is 993 g/mol. The minimum Gasteiger partial charge on any atom is -0.409 e. The van der Waals surface area contributed by atoms with Crippen LogP contribution in [-0.2, 0) is 40.8 Å². The number of benzene rings is 1. The van der Waals surface area contributed by atoms with Crippen LogP contribution in [0, 0.1) is 0 Å². The molecule has 0 radical (unpaired) electrons. The van der Waals surface area contributed by atoms with Gasteiger partial charge in [0.2, 0.25) is 0 Å². The van der Waals surface area contributed by atoms with E-state index in [2.05, 4.69) is 240 Å². The van der Waals surface area contributed by atoms with Crippen LogP contribution in [0.2, 0.25) is 109 Å². The predicted molar refractivity (Wildman–Crippen MR) is 314 cm³/mol. The molecule has 0 spiro atoms. The minimum absolute atomic E-state index is 0.0294. The van der Waals surface area contributed by atoms with Crippen molar-refractivity contribution in [3.63, 3.8) is 0 Å². The molecule has 0 bridgehead atoms. The molecule has 9 nitrogen and oxygen atoms in total. The Kier molecular flexibility index (Phi) is 20.5. The Morgan fingerprint density at radius 1 is 0.400 bits per heavy atom. The van der Waals surface area contributed by atoms with Gasteiger partial charge in [-0.05, 0) is 128 Å². The molecule has 0 unspecified atom stereocenters. The SMILES string of the molecule is C[C@@H]1O[C@@H](OC[C@H]2O[C@H](Sc3ccccc3)[C@H](O[Si](C)(C)C(C)(C)C)[C@@H](O[Si](C)(C)C(C)(C)C)[C@@H]2O[Si](C)(C)C(C)(C)C)[C@H](O[Si](C)(C)C(C)(C)C)[C@H](O[Si](C)(C)C(C)(C)C)[C@H]1O[Si](C)(C)C(C)(C)C. The van der Waals surface area contributed by atoms with Crippen LogP contribution in [-0.4, -0.2) is 117 Å². The molecule has 1 aromatic rings. The molecule has 0 amide bonds. The second-order valence-electron chi connectivity index (χ2n) is 30.1. The zero-order valence-corrected chi connectivity index (χ0v) is 57.8. The van der Waals surface area contributed by atoms with Gasteiger partial charge in [0.05, 0.1) is 18.8 Å². The van der Waals surface area contributed by atoms with E-state index in [1.165, 1.54) is 0 Å². The molecule has 2 aliphatic rings. The van der Waals surface area contributed by atoms with E-state index < -0.39 is 98.3 Å². The molecule has 0 saturated carbocycles. The van der Waals surface area contributed by atoms with Gasteiger partial charge >= 0.3 is 0 Å². The van der Waals surface area contributed by atoms with E-state index in [0.717, 1.165) is 4.90 Å². The third-order valence-corrected chi connectivity index (χ3v) is 46.2. The highest BCUT2D eigenvalue weighted by Crippen LogP contribution is 2.50. The monoisotopic (exact) mass is 1100 g/mol. The highest BCUT2D eigenvalue weighted by Gasteiger charge is 2.59. The van der Waals surface area contributed by atoms with E-state index in [-0.39, 0.29) is 49.0 Å². The Morgan fingerprint density at radius 3 is 1.06 bits per heavy atom. The number of hydrogen-bond donors (Lipinski definition) is 0. The van der Waals surface area contributed by atoms with Crippen molar-refractivity contribution in [3.8, 4) is 0 Å². The first-order chi connectivity index (χ1) is 30.9. The van der Waals surface area contributed by atoms with Crippen molar-refractivity contribution in [1.82, 2.24) is 0 Å². The van der Waals surface area contributed by atoms with Gasteiger partial charge in [-0.25, -0.2) is 0 Å². The van der Waals surface area contributed by atoms with Gasteiger partial charge in [0.1, 0.15) is 42.1 Å². The van der Waals surface area contributed by atoms with Gasteiger partial charge in [0, 0.05) is 4.90 Å². The van der Waals surface area contributed by atoms with E-state index in [1.54, 1.807) is 11.8 Å². The van der Waals surface area contributed by atoms with Crippen molar-refractivity contribution < 1.29 is 40.8 Å². The fourth-order valence-electron chi connectivity index (χ4n) is 6.96. The minimum atomic E-state index is -2.50. The molecule has 0 aliphatic carbocycles. The molecule has 2 heterocycles. The summed E-state index contributed by atoms with van der Waals surface area (Å²) in [5.41, 5.74) is -0.429. The lowest BCUT2D eigenvalue weighted by molar-refractivity contribution is -0.296. The molecule has 0 N–H and O–H groups in total. The van der Waals surface area contributed by atoms with Crippen molar-refractivity contribution in [2.24, 2.45) is 0 Å². The maximum atomic E-state index is 7.81. The maximum absolute atomic E-state index is 7.81. The number of thioether (sulfide) groups is 1. The molecule has 2 fully saturated rings. The van der Waals surface area contributed by atoms with Crippen LogP contribution in [0.15, 0.2) is 35.2 Å². The van der Waals surface area contributed by atoms with E-state index in [4.69, 9.17) is 40.8 Å². The van der Waals surface area contributed by atoms with Crippen molar-refractivity contribution in [2.45, 2.75) is 306 Å². The molecule has 16 heteroatoms. The summed E-state index contributed by atoms with van der Waals surface area (Å²) < 4.78 is 68.2. The Morgan fingerprint density at radius 2 is 0.700 bits per heavy atom. The summed E-state index contributed by atoms with van der Waals surface area (Å²) >= 11 is 1.71. The average Bonchev–Trinajstić information content (AvgIpc) is 3.13. The molecule has 3 rings (SSSR count). The summed E-state index contributed by atoms with van der Waals surface area (Å²) in [6.07, 6.45) is -4.44. The van der Waals surface area contributed by atoms with Gasteiger partial charge < -0.3 is 40.8 Å². The Hall–Kier alpha value is 0.511. The van der Waals surface area contributed by atoms with Crippen LogP contribution < -0.4 is 0 Å². The highest BCUT2D eigenvalue weighted by molar-refractivity contribution is 7.99.